The lowest BCUT2D eigenvalue weighted by Gasteiger charge is -2.02. The summed E-state index contributed by atoms with van der Waals surface area (Å²) in [7, 11) is 1.90. The maximum atomic E-state index is 8.54. The van der Waals surface area contributed by atoms with Gasteiger partial charge in [0.2, 0.25) is 0 Å². The standard InChI is InChI=1S/C11H13N5OS/c1-7-5-10(16(2)14-7)18-8-3-4-9(13-6-8)11(12)15-17/h3-6,17H,1-2H3,(H2,12,15). The summed E-state index contributed by atoms with van der Waals surface area (Å²) in [6, 6.07) is 5.58. The third kappa shape index (κ3) is 2.62. The Morgan fingerprint density at radius 3 is 2.78 bits per heavy atom. The van der Waals surface area contributed by atoms with Crippen LogP contribution < -0.4 is 5.73 Å². The minimum atomic E-state index is 0.00271. The number of hydrogen-bond acceptors (Lipinski definition) is 5. The molecule has 0 bridgehead atoms. The first-order valence-corrected chi connectivity index (χ1v) is 6.04. The lowest BCUT2D eigenvalue weighted by Crippen LogP contribution is -2.14. The molecule has 94 valence electrons. The summed E-state index contributed by atoms with van der Waals surface area (Å²) < 4.78 is 1.82. The summed E-state index contributed by atoms with van der Waals surface area (Å²) >= 11 is 1.56. The summed E-state index contributed by atoms with van der Waals surface area (Å²) in [6.45, 7) is 1.95. The van der Waals surface area contributed by atoms with E-state index in [0.717, 1.165) is 15.6 Å². The van der Waals surface area contributed by atoms with Crippen LogP contribution in [0, 0.1) is 6.92 Å². The molecule has 0 aliphatic heterocycles. The highest BCUT2D eigenvalue weighted by atomic mass is 32.2. The van der Waals surface area contributed by atoms with Crippen molar-refractivity contribution in [2.75, 3.05) is 0 Å². The van der Waals surface area contributed by atoms with Crippen molar-refractivity contribution in [1.29, 1.82) is 0 Å². The van der Waals surface area contributed by atoms with E-state index in [0.29, 0.717) is 5.69 Å². The molecule has 2 aromatic heterocycles. The monoisotopic (exact) mass is 263 g/mol. The molecule has 2 rings (SSSR count). The van der Waals surface area contributed by atoms with Crippen molar-refractivity contribution < 1.29 is 5.21 Å². The minimum Gasteiger partial charge on any atom is -0.409 e. The molecule has 0 aromatic carbocycles. The van der Waals surface area contributed by atoms with Crippen molar-refractivity contribution >= 4 is 17.6 Å². The van der Waals surface area contributed by atoms with Crippen LogP contribution in [0.25, 0.3) is 0 Å². The zero-order chi connectivity index (χ0) is 13.1. The van der Waals surface area contributed by atoms with Gasteiger partial charge in [-0.15, -0.1) is 0 Å². The largest absolute Gasteiger partial charge is 0.409 e. The van der Waals surface area contributed by atoms with Crippen molar-refractivity contribution in [2.24, 2.45) is 17.9 Å². The predicted octanol–water partition coefficient (Wildman–Crippen LogP) is 1.37. The average molecular weight is 263 g/mol. The molecule has 0 radical (unpaired) electrons. The molecular weight excluding hydrogens is 250 g/mol. The van der Waals surface area contributed by atoms with E-state index in [1.165, 1.54) is 0 Å². The Kier molecular flexibility index (Phi) is 3.52. The summed E-state index contributed by atoms with van der Waals surface area (Å²) in [5.41, 5.74) is 6.86. The smallest absolute Gasteiger partial charge is 0.188 e. The first-order valence-electron chi connectivity index (χ1n) is 5.22. The van der Waals surface area contributed by atoms with Crippen LogP contribution in [0.4, 0.5) is 0 Å². The van der Waals surface area contributed by atoms with Crippen LogP contribution in [0.5, 0.6) is 0 Å². The molecule has 0 amide bonds. The van der Waals surface area contributed by atoms with Gasteiger partial charge in [0.05, 0.1) is 10.7 Å². The second kappa shape index (κ2) is 5.09. The number of oxime groups is 1. The van der Waals surface area contributed by atoms with Gasteiger partial charge in [-0.05, 0) is 25.1 Å². The SMILES string of the molecule is Cc1cc(Sc2ccc(/C(N)=N/O)nc2)n(C)n1. The number of nitrogens with two attached hydrogens (primary N) is 1. The molecule has 0 aliphatic carbocycles. The van der Waals surface area contributed by atoms with Gasteiger partial charge in [-0.25, -0.2) is 0 Å². The van der Waals surface area contributed by atoms with Crippen LogP contribution >= 0.6 is 11.8 Å². The zero-order valence-corrected chi connectivity index (χ0v) is 10.8. The third-order valence-corrected chi connectivity index (χ3v) is 3.36. The first-order chi connectivity index (χ1) is 8.60. The molecule has 18 heavy (non-hydrogen) atoms. The molecule has 0 aliphatic rings. The molecule has 3 N–H and O–H groups in total. The molecule has 0 fully saturated rings. The Bertz CT molecular complexity index is 576. The number of aromatic nitrogens is 3. The average Bonchev–Trinajstić information content (AvgIpc) is 2.68. The maximum absolute atomic E-state index is 8.54. The highest BCUT2D eigenvalue weighted by Gasteiger charge is 2.06. The summed E-state index contributed by atoms with van der Waals surface area (Å²) in [5.74, 6) is 0.00271. The van der Waals surface area contributed by atoms with Gasteiger partial charge in [-0.3, -0.25) is 9.67 Å². The van der Waals surface area contributed by atoms with E-state index in [1.807, 2.05) is 30.8 Å². The Labute approximate surface area is 109 Å². The molecule has 0 saturated heterocycles. The zero-order valence-electron chi connectivity index (χ0n) is 10.0. The van der Waals surface area contributed by atoms with Gasteiger partial charge in [-0.2, -0.15) is 5.10 Å². The summed E-state index contributed by atoms with van der Waals surface area (Å²) in [4.78, 5) is 5.08. The van der Waals surface area contributed by atoms with Gasteiger partial charge in [0.1, 0.15) is 5.69 Å². The number of hydrogen-bond donors (Lipinski definition) is 2. The number of aryl methyl sites for hydroxylation is 2. The first kappa shape index (κ1) is 12.4. The molecule has 6 nitrogen and oxygen atoms in total. The molecule has 0 unspecified atom stereocenters. The lowest BCUT2D eigenvalue weighted by molar-refractivity contribution is 0.318. The fourth-order valence-electron chi connectivity index (χ4n) is 1.45. The highest BCUT2D eigenvalue weighted by molar-refractivity contribution is 7.99. The summed E-state index contributed by atoms with van der Waals surface area (Å²) in [5, 5.41) is 16.7. The number of nitrogens with zero attached hydrogens (tertiary/aromatic N) is 4. The molecular formula is C11H13N5OS. The van der Waals surface area contributed by atoms with E-state index in [1.54, 1.807) is 24.0 Å². The second-order valence-corrected chi connectivity index (χ2v) is 4.81. The predicted molar refractivity (Wildman–Crippen MR) is 68.8 cm³/mol. The summed E-state index contributed by atoms with van der Waals surface area (Å²) in [6.07, 6.45) is 1.68. The molecule has 2 aromatic rings. The van der Waals surface area contributed by atoms with Gasteiger partial charge in [-0.1, -0.05) is 16.9 Å². The Morgan fingerprint density at radius 2 is 2.28 bits per heavy atom. The van der Waals surface area contributed by atoms with Crippen LogP contribution in [-0.2, 0) is 7.05 Å². The van der Waals surface area contributed by atoms with Crippen LogP contribution in [-0.4, -0.2) is 25.8 Å². The molecule has 0 saturated carbocycles. The number of rotatable bonds is 3. The molecule has 0 atom stereocenters. The Balaban J connectivity index is 2.18. The fourth-order valence-corrected chi connectivity index (χ4v) is 2.33. The van der Waals surface area contributed by atoms with Crippen LogP contribution in [0.1, 0.15) is 11.4 Å². The third-order valence-electron chi connectivity index (χ3n) is 2.29. The van der Waals surface area contributed by atoms with E-state index in [2.05, 4.69) is 15.2 Å². The van der Waals surface area contributed by atoms with Gasteiger partial charge in [0, 0.05) is 18.1 Å². The lowest BCUT2D eigenvalue weighted by atomic mass is 10.3. The van der Waals surface area contributed by atoms with Gasteiger partial charge in [0.15, 0.2) is 5.84 Å². The van der Waals surface area contributed by atoms with E-state index in [4.69, 9.17) is 10.9 Å². The number of pyridine rings is 1. The molecule has 7 heteroatoms. The topological polar surface area (TPSA) is 89.3 Å². The number of amidine groups is 1. The fraction of sp³-hybridized carbons (Fsp3) is 0.182. The van der Waals surface area contributed by atoms with Crippen LogP contribution in [0.15, 0.2) is 39.5 Å². The normalized spacial score (nSPS) is 11.8. The van der Waals surface area contributed by atoms with Crippen molar-refractivity contribution in [3.05, 3.63) is 35.8 Å². The van der Waals surface area contributed by atoms with E-state index in [9.17, 15) is 0 Å². The molecule has 2 heterocycles. The Morgan fingerprint density at radius 1 is 1.50 bits per heavy atom. The molecule has 0 spiro atoms. The maximum Gasteiger partial charge on any atom is 0.188 e. The van der Waals surface area contributed by atoms with Crippen molar-refractivity contribution in [1.82, 2.24) is 14.8 Å². The Hall–Kier alpha value is -2.02. The van der Waals surface area contributed by atoms with Gasteiger partial charge >= 0.3 is 0 Å². The van der Waals surface area contributed by atoms with E-state index in [-0.39, 0.29) is 5.84 Å². The highest BCUT2D eigenvalue weighted by Crippen LogP contribution is 2.27. The van der Waals surface area contributed by atoms with Crippen molar-refractivity contribution in [2.45, 2.75) is 16.8 Å². The van der Waals surface area contributed by atoms with Crippen LogP contribution in [0.3, 0.4) is 0 Å². The second-order valence-electron chi connectivity index (χ2n) is 3.71. The van der Waals surface area contributed by atoms with Gasteiger partial charge < -0.3 is 10.9 Å². The van der Waals surface area contributed by atoms with Gasteiger partial charge in [0.25, 0.3) is 0 Å². The van der Waals surface area contributed by atoms with Crippen LogP contribution in [0.2, 0.25) is 0 Å². The quantitative estimate of drug-likeness (QED) is 0.378. The van der Waals surface area contributed by atoms with E-state index >= 15 is 0 Å². The van der Waals surface area contributed by atoms with Crippen molar-refractivity contribution in [3.8, 4) is 0 Å². The minimum absolute atomic E-state index is 0.00271. The van der Waals surface area contributed by atoms with Crippen molar-refractivity contribution in [3.63, 3.8) is 0 Å². The van der Waals surface area contributed by atoms with E-state index < -0.39 is 0 Å².